The van der Waals surface area contributed by atoms with Gasteiger partial charge < -0.3 is 10.4 Å². The number of unbranched alkanes of at least 4 members (excludes halogenated alkanes) is 1. The summed E-state index contributed by atoms with van der Waals surface area (Å²) in [6.07, 6.45) is 1.37. The molecule has 1 unspecified atom stereocenters. The average molecular weight is 392 g/mol. The maximum absolute atomic E-state index is 12.1. The molecule has 0 aliphatic carbocycles. The van der Waals surface area contributed by atoms with Crippen LogP contribution in [-0.2, 0) is 9.59 Å². The zero-order valence-electron chi connectivity index (χ0n) is 14.4. The van der Waals surface area contributed by atoms with Gasteiger partial charge in [0.2, 0.25) is 5.91 Å². The predicted molar refractivity (Wildman–Crippen MR) is 107 cm³/mol. The van der Waals surface area contributed by atoms with Crippen molar-refractivity contribution in [3.05, 3.63) is 70.7 Å². The van der Waals surface area contributed by atoms with Crippen LogP contribution in [0.15, 0.2) is 54.6 Å². The number of carboxylic acid groups (broad SMARTS) is 1. The van der Waals surface area contributed by atoms with Crippen molar-refractivity contribution in [3.8, 4) is 0 Å². The van der Waals surface area contributed by atoms with E-state index in [9.17, 15) is 9.59 Å². The van der Waals surface area contributed by atoms with Crippen LogP contribution < -0.4 is 5.32 Å². The number of nitrogens with one attached hydrogen (secondary N) is 1. The lowest BCUT2D eigenvalue weighted by Crippen LogP contribution is -2.26. The first-order valence-corrected chi connectivity index (χ1v) is 9.89. The smallest absolute Gasteiger partial charge is 0.303 e. The van der Waals surface area contributed by atoms with Crippen molar-refractivity contribution in [1.82, 2.24) is 5.32 Å². The second-order valence-electron chi connectivity index (χ2n) is 5.85. The Morgan fingerprint density at radius 1 is 1.00 bits per heavy atom. The molecule has 1 amide bonds. The third-order valence-corrected chi connectivity index (χ3v) is 5.35. The Balaban J connectivity index is 1.90. The van der Waals surface area contributed by atoms with Crippen molar-refractivity contribution >= 4 is 35.2 Å². The normalized spacial score (nSPS) is 11.7. The van der Waals surface area contributed by atoms with Crippen LogP contribution in [0.5, 0.6) is 0 Å². The Labute approximate surface area is 163 Å². The van der Waals surface area contributed by atoms with Crippen LogP contribution in [0.3, 0.4) is 0 Å². The predicted octanol–water partition coefficient (Wildman–Crippen LogP) is 4.53. The van der Waals surface area contributed by atoms with Crippen LogP contribution in [0.4, 0.5) is 0 Å². The zero-order valence-corrected chi connectivity index (χ0v) is 15.9. The Morgan fingerprint density at radius 3 is 2.31 bits per heavy atom. The minimum absolute atomic E-state index is 0.0415. The summed E-state index contributed by atoms with van der Waals surface area (Å²) in [6.45, 7) is 0.504. The molecule has 2 aromatic carbocycles. The number of carbonyl (C=O) groups excluding carboxylic acids is 1. The minimum Gasteiger partial charge on any atom is -0.481 e. The van der Waals surface area contributed by atoms with Gasteiger partial charge in [0, 0.05) is 18.0 Å². The van der Waals surface area contributed by atoms with E-state index in [1.807, 2.05) is 42.5 Å². The molecular formula is C20H22ClNO3S. The van der Waals surface area contributed by atoms with Crippen LogP contribution in [-0.4, -0.2) is 29.3 Å². The van der Waals surface area contributed by atoms with Crippen molar-refractivity contribution in [2.24, 2.45) is 0 Å². The molecule has 138 valence electrons. The van der Waals surface area contributed by atoms with Crippen molar-refractivity contribution in [2.45, 2.75) is 24.5 Å². The number of carbonyl (C=O) groups is 2. The molecule has 2 aromatic rings. The molecule has 0 aliphatic heterocycles. The molecule has 0 saturated heterocycles. The summed E-state index contributed by atoms with van der Waals surface area (Å²) in [5, 5.41) is 12.2. The molecular weight excluding hydrogens is 370 g/mol. The van der Waals surface area contributed by atoms with Crippen LogP contribution in [0.2, 0.25) is 5.02 Å². The van der Waals surface area contributed by atoms with Crippen LogP contribution in [0.1, 0.15) is 35.6 Å². The van der Waals surface area contributed by atoms with Crippen molar-refractivity contribution in [1.29, 1.82) is 0 Å². The lowest BCUT2D eigenvalue weighted by Gasteiger charge is -2.18. The highest BCUT2D eigenvalue weighted by Gasteiger charge is 2.16. The lowest BCUT2D eigenvalue weighted by atomic mass is 10.0. The van der Waals surface area contributed by atoms with Gasteiger partial charge in [-0.05, 0) is 36.1 Å². The third kappa shape index (κ3) is 7.10. The zero-order chi connectivity index (χ0) is 18.8. The van der Waals surface area contributed by atoms with Crippen LogP contribution in [0, 0.1) is 0 Å². The number of carboxylic acids is 1. The van der Waals surface area contributed by atoms with Gasteiger partial charge in [-0.1, -0.05) is 54.1 Å². The molecule has 0 aromatic heterocycles. The van der Waals surface area contributed by atoms with E-state index in [1.165, 1.54) is 0 Å². The number of halogens is 1. The number of rotatable bonds is 10. The molecule has 6 heteroatoms. The highest BCUT2D eigenvalue weighted by Crippen LogP contribution is 2.35. The first kappa shape index (κ1) is 20.3. The largest absolute Gasteiger partial charge is 0.481 e. The van der Waals surface area contributed by atoms with E-state index in [1.54, 1.807) is 11.8 Å². The molecule has 0 spiro atoms. The van der Waals surface area contributed by atoms with E-state index in [0.29, 0.717) is 30.2 Å². The Bertz CT molecular complexity index is 707. The Morgan fingerprint density at radius 2 is 1.65 bits per heavy atom. The number of amides is 1. The molecule has 0 heterocycles. The summed E-state index contributed by atoms with van der Waals surface area (Å²) >= 11 is 7.55. The second kappa shape index (κ2) is 10.9. The number of benzene rings is 2. The molecule has 0 radical (unpaired) electrons. The highest BCUT2D eigenvalue weighted by molar-refractivity contribution is 8.00. The summed E-state index contributed by atoms with van der Waals surface area (Å²) in [4.78, 5) is 22.6. The van der Waals surface area contributed by atoms with Gasteiger partial charge in [-0.2, -0.15) is 0 Å². The summed E-state index contributed by atoms with van der Waals surface area (Å²) in [5.74, 6) is -0.512. The van der Waals surface area contributed by atoms with Gasteiger partial charge in [-0.25, -0.2) is 0 Å². The fourth-order valence-corrected chi connectivity index (χ4v) is 3.73. The highest BCUT2D eigenvalue weighted by atomic mass is 35.5. The summed E-state index contributed by atoms with van der Waals surface area (Å²) in [6, 6.07) is 17.7. The number of hydrogen-bond donors (Lipinski definition) is 2. The summed E-state index contributed by atoms with van der Waals surface area (Å²) in [5.41, 5.74) is 2.23. The van der Waals surface area contributed by atoms with Gasteiger partial charge >= 0.3 is 5.97 Å². The minimum atomic E-state index is -0.805. The average Bonchev–Trinajstić information content (AvgIpc) is 2.63. The van der Waals surface area contributed by atoms with E-state index in [4.69, 9.17) is 16.7 Å². The van der Waals surface area contributed by atoms with Crippen LogP contribution >= 0.6 is 23.4 Å². The first-order chi connectivity index (χ1) is 12.6. The maximum Gasteiger partial charge on any atom is 0.303 e. The Kier molecular flexibility index (Phi) is 8.51. The van der Waals surface area contributed by atoms with E-state index in [0.717, 1.165) is 11.1 Å². The number of thioether (sulfide) groups is 1. The summed E-state index contributed by atoms with van der Waals surface area (Å²) < 4.78 is 0. The van der Waals surface area contributed by atoms with Gasteiger partial charge in [-0.3, -0.25) is 9.59 Å². The molecule has 0 saturated carbocycles. The van der Waals surface area contributed by atoms with Gasteiger partial charge in [0.15, 0.2) is 0 Å². The quantitative estimate of drug-likeness (QED) is 0.584. The monoisotopic (exact) mass is 391 g/mol. The number of aliphatic carboxylic acids is 1. The van der Waals surface area contributed by atoms with Gasteiger partial charge in [0.1, 0.15) is 0 Å². The third-order valence-electron chi connectivity index (χ3n) is 3.80. The van der Waals surface area contributed by atoms with Gasteiger partial charge in [-0.15, -0.1) is 11.8 Å². The maximum atomic E-state index is 12.1. The summed E-state index contributed by atoms with van der Waals surface area (Å²) in [7, 11) is 0. The molecule has 1 atom stereocenters. The van der Waals surface area contributed by atoms with Gasteiger partial charge in [0.05, 0.1) is 11.0 Å². The van der Waals surface area contributed by atoms with E-state index >= 15 is 0 Å². The molecule has 0 fully saturated rings. The van der Waals surface area contributed by atoms with Crippen molar-refractivity contribution in [3.63, 3.8) is 0 Å². The SMILES string of the molecule is O=C(O)CCCCNC(=O)CSC(c1ccccc1)c1ccc(Cl)cc1. The van der Waals surface area contributed by atoms with Crippen molar-refractivity contribution < 1.29 is 14.7 Å². The molecule has 2 N–H and O–H groups in total. The lowest BCUT2D eigenvalue weighted by molar-refractivity contribution is -0.137. The standard InChI is InChI=1S/C20H22ClNO3S/c21-17-11-9-16(10-12-17)20(15-6-2-1-3-7-15)26-14-18(23)22-13-5-4-8-19(24)25/h1-3,6-7,9-12,20H,4-5,8,13-14H2,(H,22,23)(H,24,25). The molecule has 2 rings (SSSR count). The first-order valence-electron chi connectivity index (χ1n) is 8.47. The fourth-order valence-electron chi connectivity index (χ4n) is 2.49. The molecule has 0 aliphatic rings. The molecule has 0 bridgehead atoms. The molecule has 4 nitrogen and oxygen atoms in total. The van der Waals surface area contributed by atoms with Crippen LogP contribution in [0.25, 0.3) is 0 Å². The van der Waals surface area contributed by atoms with E-state index < -0.39 is 5.97 Å². The van der Waals surface area contributed by atoms with E-state index in [-0.39, 0.29) is 17.6 Å². The topological polar surface area (TPSA) is 66.4 Å². The Hall–Kier alpha value is -1.98. The van der Waals surface area contributed by atoms with Gasteiger partial charge in [0.25, 0.3) is 0 Å². The fraction of sp³-hybridized carbons (Fsp3) is 0.300. The number of hydrogen-bond acceptors (Lipinski definition) is 3. The molecule has 26 heavy (non-hydrogen) atoms. The van der Waals surface area contributed by atoms with E-state index in [2.05, 4.69) is 17.4 Å². The van der Waals surface area contributed by atoms with Crippen molar-refractivity contribution in [2.75, 3.05) is 12.3 Å². The second-order valence-corrected chi connectivity index (χ2v) is 7.38.